The van der Waals surface area contributed by atoms with Crippen molar-refractivity contribution in [2.45, 2.75) is 13.8 Å². The Labute approximate surface area is 82.6 Å². The van der Waals surface area contributed by atoms with E-state index in [0.29, 0.717) is 5.56 Å². The van der Waals surface area contributed by atoms with E-state index in [2.05, 4.69) is 4.98 Å². The van der Waals surface area contributed by atoms with Gasteiger partial charge in [-0.15, -0.1) is 0 Å². The molecule has 1 aromatic heterocycles. The van der Waals surface area contributed by atoms with Crippen LogP contribution in [0.4, 0.5) is 0 Å². The molecule has 0 fully saturated rings. The number of carbonyl (C=O) groups is 1. The van der Waals surface area contributed by atoms with Crippen LogP contribution in [0.5, 0.6) is 0 Å². The minimum atomic E-state index is 0.670. The van der Waals surface area contributed by atoms with E-state index in [1.54, 1.807) is 0 Å². The van der Waals surface area contributed by atoms with E-state index in [9.17, 15) is 4.79 Å². The smallest absolute Gasteiger partial charge is 0.152 e. The lowest BCUT2D eigenvalue weighted by atomic mass is 10.1. The van der Waals surface area contributed by atoms with Crippen molar-refractivity contribution in [3.63, 3.8) is 0 Å². The van der Waals surface area contributed by atoms with Gasteiger partial charge >= 0.3 is 0 Å². The average molecular weight is 185 g/mol. The van der Waals surface area contributed by atoms with Gasteiger partial charge in [-0.25, -0.2) is 0 Å². The van der Waals surface area contributed by atoms with Gasteiger partial charge in [-0.2, -0.15) is 0 Å². The highest BCUT2D eigenvalue weighted by Gasteiger charge is 2.02. The fraction of sp³-hybridized carbons (Fsp3) is 0.167. The Morgan fingerprint density at radius 1 is 1.21 bits per heavy atom. The third kappa shape index (κ3) is 1.39. The van der Waals surface area contributed by atoms with E-state index in [1.807, 2.05) is 38.1 Å². The maximum atomic E-state index is 10.8. The van der Waals surface area contributed by atoms with Crippen LogP contribution < -0.4 is 0 Å². The number of hydrogen-bond donors (Lipinski definition) is 0. The number of benzene rings is 1. The maximum Gasteiger partial charge on any atom is 0.152 e. The molecule has 1 heterocycles. The molecule has 0 aliphatic heterocycles. The number of aryl methyl sites for hydroxylation is 2. The van der Waals surface area contributed by atoms with Crippen LogP contribution >= 0.6 is 0 Å². The van der Waals surface area contributed by atoms with Gasteiger partial charge in [-0.1, -0.05) is 6.07 Å². The molecular weight excluding hydrogens is 174 g/mol. The summed E-state index contributed by atoms with van der Waals surface area (Å²) in [5.41, 5.74) is 3.49. The normalized spacial score (nSPS) is 10.4. The lowest BCUT2D eigenvalue weighted by Crippen LogP contribution is -1.90. The minimum absolute atomic E-state index is 0.670. The molecule has 14 heavy (non-hydrogen) atoms. The van der Waals surface area contributed by atoms with E-state index in [4.69, 9.17) is 0 Å². The van der Waals surface area contributed by atoms with Crippen molar-refractivity contribution in [1.29, 1.82) is 0 Å². The van der Waals surface area contributed by atoms with E-state index in [0.717, 1.165) is 28.4 Å². The fourth-order valence-corrected chi connectivity index (χ4v) is 1.61. The average Bonchev–Trinajstić information content (AvgIpc) is 2.17. The molecule has 0 aliphatic rings. The number of hydrogen-bond acceptors (Lipinski definition) is 2. The monoisotopic (exact) mass is 185 g/mol. The van der Waals surface area contributed by atoms with E-state index >= 15 is 0 Å². The predicted molar refractivity (Wildman–Crippen MR) is 56.6 cm³/mol. The standard InChI is InChI=1S/C12H11NO/c1-8-5-10-4-3-9(2)13-12(10)11(6-8)7-14/h3-7H,1-2H3. The Bertz CT molecular complexity index is 503. The lowest BCUT2D eigenvalue weighted by molar-refractivity contribution is 0.112. The molecule has 2 aromatic rings. The van der Waals surface area contributed by atoms with Gasteiger partial charge in [0.15, 0.2) is 6.29 Å². The van der Waals surface area contributed by atoms with Crippen LogP contribution in [0.2, 0.25) is 0 Å². The molecule has 0 aliphatic carbocycles. The number of aromatic nitrogens is 1. The minimum Gasteiger partial charge on any atom is -0.298 e. The zero-order valence-corrected chi connectivity index (χ0v) is 8.24. The molecule has 0 N–H and O–H groups in total. The number of nitrogens with zero attached hydrogens (tertiary/aromatic N) is 1. The summed E-state index contributed by atoms with van der Waals surface area (Å²) in [5.74, 6) is 0. The molecule has 0 amide bonds. The molecule has 70 valence electrons. The summed E-state index contributed by atoms with van der Waals surface area (Å²) in [6.07, 6.45) is 0.863. The van der Waals surface area contributed by atoms with Crippen LogP contribution in [0.1, 0.15) is 21.6 Å². The van der Waals surface area contributed by atoms with Gasteiger partial charge in [0, 0.05) is 16.6 Å². The van der Waals surface area contributed by atoms with Crippen LogP contribution in [0, 0.1) is 13.8 Å². The summed E-state index contributed by atoms with van der Waals surface area (Å²) >= 11 is 0. The van der Waals surface area contributed by atoms with Crippen LogP contribution in [0.3, 0.4) is 0 Å². The number of aldehydes is 1. The molecule has 0 atom stereocenters. The Morgan fingerprint density at radius 2 is 2.00 bits per heavy atom. The molecule has 0 radical (unpaired) electrons. The first-order valence-corrected chi connectivity index (χ1v) is 4.54. The number of pyridine rings is 1. The van der Waals surface area contributed by atoms with Gasteiger partial charge < -0.3 is 0 Å². The Kier molecular flexibility index (Phi) is 2.04. The fourth-order valence-electron chi connectivity index (χ4n) is 1.61. The summed E-state index contributed by atoms with van der Waals surface area (Å²) in [7, 11) is 0. The Morgan fingerprint density at radius 3 is 2.71 bits per heavy atom. The van der Waals surface area contributed by atoms with Gasteiger partial charge in [0.1, 0.15) is 0 Å². The topological polar surface area (TPSA) is 30.0 Å². The Hall–Kier alpha value is -1.70. The largest absolute Gasteiger partial charge is 0.298 e. The summed E-state index contributed by atoms with van der Waals surface area (Å²) < 4.78 is 0. The predicted octanol–water partition coefficient (Wildman–Crippen LogP) is 2.66. The first-order chi connectivity index (χ1) is 6.70. The second kappa shape index (κ2) is 3.22. The van der Waals surface area contributed by atoms with Crippen molar-refractivity contribution in [1.82, 2.24) is 4.98 Å². The molecule has 2 nitrogen and oxygen atoms in total. The van der Waals surface area contributed by atoms with Gasteiger partial charge in [0.05, 0.1) is 5.52 Å². The summed E-state index contributed by atoms with van der Waals surface area (Å²) in [4.78, 5) is 15.2. The highest BCUT2D eigenvalue weighted by Crippen LogP contribution is 2.18. The Balaban J connectivity index is 2.88. The molecule has 2 rings (SSSR count). The number of carbonyl (C=O) groups excluding carboxylic acids is 1. The van der Waals surface area contributed by atoms with Crippen molar-refractivity contribution >= 4 is 17.2 Å². The number of rotatable bonds is 1. The lowest BCUT2D eigenvalue weighted by Gasteiger charge is -2.03. The quantitative estimate of drug-likeness (QED) is 0.639. The molecular formula is C12H11NO. The molecule has 2 heteroatoms. The van der Waals surface area contributed by atoms with Crippen LogP contribution in [-0.4, -0.2) is 11.3 Å². The van der Waals surface area contributed by atoms with Crippen molar-refractivity contribution in [3.05, 3.63) is 41.1 Å². The molecule has 0 spiro atoms. The molecule has 0 saturated heterocycles. The van der Waals surface area contributed by atoms with Gasteiger partial charge in [0.2, 0.25) is 0 Å². The highest BCUT2D eigenvalue weighted by atomic mass is 16.1. The van der Waals surface area contributed by atoms with Crippen molar-refractivity contribution in [3.8, 4) is 0 Å². The molecule has 0 saturated carbocycles. The number of fused-ring (bicyclic) bond motifs is 1. The zero-order valence-electron chi connectivity index (χ0n) is 8.24. The van der Waals surface area contributed by atoms with Gasteiger partial charge in [-0.3, -0.25) is 9.78 Å². The summed E-state index contributed by atoms with van der Waals surface area (Å²) in [5, 5.41) is 1.03. The van der Waals surface area contributed by atoms with Crippen molar-refractivity contribution in [2.24, 2.45) is 0 Å². The maximum absolute atomic E-state index is 10.8. The van der Waals surface area contributed by atoms with E-state index < -0.39 is 0 Å². The highest BCUT2D eigenvalue weighted by molar-refractivity contribution is 5.96. The van der Waals surface area contributed by atoms with Crippen molar-refractivity contribution in [2.75, 3.05) is 0 Å². The van der Waals surface area contributed by atoms with Gasteiger partial charge in [0.25, 0.3) is 0 Å². The first-order valence-electron chi connectivity index (χ1n) is 4.54. The summed E-state index contributed by atoms with van der Waals surface area (Å²) in [6, 6.07) is 7.85. The second-order valence-electron chi connectivity index (χ2n) is 3.50. The summed E-state index contributed by atoms with van der Waals surface area (Å²) in [6.45, 7) is 3.90. The third-order valence-corrected chi connectivity index (χ3v) is 2.23. The van der Waals surface area contributed by atoms with Crippen LogP contribution in [0.25, 0.3) is 10.9 Å². The van der Waals surface area contributed by atoms with Gasteiger partial charge in [-0.05, 0) is 37.6 Å². The molecule has 1 aromatic carbocycles. The zero-order chi connectivity index (χ0) is 10.1. The van der Waals surface area contributed by atoms with Crippen LogP contribution in [0.15, 0.2) is 24.3 Å². The molecule has 0 unspecified atom stereocenters. The SMILES string of the molecule is Cc1cc(C=O)c2nc(C)ccc2c1. The first kappa shape index (κ1) is 8.88. The third-order valence-electron chi connectivity index (χ3n) is 2.23. The van der Waals surface area contributed by atoms with Crippen LogP contribution in [-0.2, 0) is 0 Å². The second-order valence-corrected chi connectivity index (χ2v) is 3.50. The van der Waals surface area contributed by atoms with E-state index in [1.165, 1.54) is 0 Å². The van der Waals surface area contributed by atoms with E-state index in [-0.39, 0.29) is 0 Å². The van der Waals surface area contributed by atoms with Crippen molar-refractivity contribution < 1.29 is 4.79 Å². The molecule has 0 bridgehead atoms.